The lowest BCUT2D eigenvalue weighted by atomic mass is 10.2. The van der Waals surface area contributed by atoms with Crippen molar-refractivity contribution in [1.82, 2.24) is 19.8 Å². The van der Waals surface area contributed by atoms with E-state index in [1.807, 2.05) is 18.7 Å². The smallest absolute Gasteiger partial charge is 0.259 e. The van der Waals surface area contributed by atoms with Gasteiger partial charge in [-0.3, -0.25) is 14.5 Å². The summed E-state index contributed by atoms with van der Waals surface area (Å²) in [6, 6.07) is 0. The summed E-state index contributed by atoms with van der Waals surface area (Å²) >= 11 is 1.57. The Morgan fingerprint density at radius 2 is 2.10 bits per heavy atom. The molecular weight excluding hydrogens is 404 g/mol. The van der Waals surface area contributed by atoms with Crippen LogP contribution in [0.4, 0.5) is 0 Å². The Morgan fingerprint density at radius 1 is 1.30 bits per heavy atom. The van der Waals surface area contributed by atoms with Gasteiger partial charge in [-0.25, -0.2) is 4.98 Å². The van der Waals surface area contributed by atoms with Gasteiger partial charge in [0.1, 0.15) is 10.7 Å². The largest absolute Gasteiger partial charge is 0.378 e. The second-order valence-electron chi connectivity index (χ2n) is 8.09. The van der Waals surface area contributed by atoms with Crippen LogP contribution in [0.5, 0.6) is 0 Å². The second-order valence-corrected chi connectivity index (χ2v) is 9.30. The summed E-state index contributed by atoms with van der Waals surface area (Å²) in [7, 11) is 0. The number of ether oxygens (including phenoxy) is 2. The van der Waals surface area contributed by atoms with Crippen LogP contribution in [-0.4, -0.2) is 77.8 Å². The van der Waals surface area contributed by atoms with Gasteiger partial charge in [-0.05, 0) is 32.3 Å². The molecule has 0 saturated carbocycles. The van der Waals surface area contributed by atoms with Crippen LogP contribution >= 0.6 is 11.3 Å². The van der Waals surface area contributed by atoms with Gasteiger partial charge in [0.05, 0.1) is 37.7 Å². The SMILES string of the molecule is Cc1sc2nc(CN3CCN(C(=O)CCOC[C@H]4CCCO4)CC3)[nH]c(=O)c2c1C. The van der Waals surface area contributed by atoms with E-state index in [4.69, 9.17) is 9.47 Å². The van der Waals surface area contributed by atoms with Crippen LogP contribution in [0.2, 0.25) is 0 Å². The molecule has 2 aromatic rings. The van der Waals surface area contributed by atoms with E-state index in [1.54, 1.807) is 11.3 Å². The molecule has 4 heterocycles. The van der Waals surface area contributed by atoms with Crippen molar-refractivity contribution in [3.8, 4) is 0 Å². The van der Waals surface area contributed by atoms with Gasteiger partial charge in [-0.2, -0.15) is 0 Å². The van der Waals surface area contributed by atoms with Gasteiger partial charge in [0.2, 0.25) is 5.91 Å². The number of nitrogens with one attached hydrogen (secondary N) is 1. The van der Waals surface area contributed by atoms with Crippen molar-refractivity contribution < 1.29 is 14.3 Å². The third-order valence-electron chi connectivity index (χ3n) is 5.97. The number of fused-ring (bicyclic) bond motifs is 1. The summed E-state index contributed by atoms with van der Waals surface area (Å²) in [5.41, 5.74) is 0.954. The van der Waals surface area contributed by atoms with Crippen molar-refractivity contribution in [2.75, 3.05) is 46.0 Å². The molecule has 2 fully saturated rings. The highest BCUT2D eigenvalue weighted by molar-refractivity contribution is 7.18. The monoisotopic (exact) mass is 434 g/mol. The summed E-state index contributed by atoms with van der Waals surface area (Å²) in [5, 5.41) is 0.707. The van der Waals surface area contributed by atoms with Gasteiger partial charge < -0.3 is 19.4 Å². The molecule has 0 spiro atoms. The number of H-pyrrole nitrogens is 1. The molecule has 2 aromatic heterocycles. The fourth-order valence-electron chi connectivity index (χ4n) is 4.05. The molecule has 8 nitrogen and oxygen atoms in total. The summed E-state index contributed by atoms with van der Waals surface area (Å²) in [6.45, 7) is 9.35. The molecule has 0 aromatic carbocycles. The predicted molar refractivity (Wildman–Crippen MR) is 116 cm³/mol. The molecule has 4 rings (SSSR count). The van der Waals surface area contributed by atoms with Crippen molar-refractivity contribution >= 4 is 27.5 Å². The van der Waals surface area contributed by atoms with E-state index in [2.05, 4.69) is 14.9 Å². The average molecular weight is 435 g/mol. The van der Waals surface area contributed by atoms with Gasteiger partial charge in [0.15, 0.2) is 0 Å². The summed E-state index contributed by atoms with van der Waals surface area (Å²) in [5.74, 6) is 0.829. The molecule has 1 N–H and O–H groups in total. The van der Waals surface area contributed by atoms with E-state index in [0.29, 0.717) is 50.5 Å². The van der Waals surface area contributed by atoms with Crippen molar-refractivity contribution in [3.63, 3.8) is 0 Å². The highest BCUT2D eigenvalue weighted by Crippen LogP contribution is 2.25. The van der Waals surface area contributed by atoms with E-state index in [9.17, 15) is 9.59 Å². The van der Waals surface area contributed by atoms with Crippen LogP contribution in [0.25, 0.3) is 10.2 Å². The number of carbonyl (C=O) groups is 1. The zero-order valence-electron chi connectivity index (χ0n) is 17.7. The Labute approximate surface area is 180 Å². The fraction of sp³-hybridized carbons (Fsp3) is 0.667. The van der Waals surface area contributed by atoms with E-state index in [-0.39, 0.29) is 17.6 Å². The fourth-order valence-corrected chi connectivity index (χ4v) is 5.10. The molecule has 2 aliphatic rings. The van der Waals surface area contributed by atoms with E-state index < -0.39 is 0 Å². The molecule has 2 saturated heterocycles. The van der Waals surface area contributed by atoms with Crippen LogP contribution in [-0.2, 0) is 20.8 Å². The standard InChI is InChI=1S/C21H30N4O4S/c1-14-15(2)30-21-19(14)20(27)22-17(23-21)12-24-6-8-25(9-7-24)18(26)5-11-28-13-16-4-3-10-29-16/h16H,3-13H2,1-2H3,(H,22,23,27)/t16-/m1/s1. The topological polar surface area (TPSA) is 87.8 Å². The molecule has 30 heavy (non-hydrogen) atoms. The van der Waals surface area contributed by atoms with Crippen LogP contribution in [0, 0.1) is 13.8 Å². The summed E-state index contributed by atoms with van der Waals surface area (Å²) in [4.78, 5) is 38.5. The Bertz CT molecular complexity index is 942. The zero-order valence-corrected chi connectivity index (χ0v) is 18.6. The van der Waals surface area contributed by atoms with Crippen LogP contribution < -0.4 is 5.56 Å². The highest BCUT2D eigenvalue weighted by Gasteiger charge is 2.22. The number of piperazine rings is 1. The highest BCUT2D eigenvalue weighted by atomic mass is 32.1. The molecule has 1 amide bonds. The molecular formula is C21H30N4O4S. The Balaban J connectivity index is 1.23. The molecule has 164 valence electrons. The Kier molecular flexibility index (Phi) is 6.82. The van der Waals surface area contributed by atoms with Crippen molar-refractivity contribution in [3.05, 3.63) is 26.6 Å². The second kappa shape index (κ2) is 9.55. The van der Waals surface area contributed by atoms with Crippen molar-refractivity contribution in [2.24, 2.45) is 0 Å². The number of aryl methyl sites for hydroxylation is 2. The molecule has 0 aliphatic carbocycles. The number of thiophene rings is 1. The Morgan fingerprint density at radius 3 is 2.83 bits per heavy atom. The third kappa shape index (κ3) is 4.91. The first-order chi connectivity index (χ1) is 14.5. The first kappa shape index (κ1) is 21.4. The Hall–Kier alpha value is -1.81. The maximum atomic E-state index is 12.4. The third-order valence-corrected chi connectivity index (χ3v) is 7.08. The number of carbonyl (C=O) groups excluding carboxylic acids is 1. The number of nitrogens with zero attached hydrogens (tertiary/aromatic N) is 3. The lowest BCUT2D eigenvalue weighted by Crippen LogP contribution is -2.48. The molecule has 9 heteroatoms. The maximum absolute atomic E-state index is 12.4. The minimum absolute atomic E-state index is 0.0614. The summed E-state index contributed by atoms with van der Waals surface area (Å²) < 4.78 is 11.1. The molecule has 2 aliphatic heterocycles. The maximum Gasteiger partial charge on any atom is 0.259 e. The quantitative estimate of drug-likeness (QED) is 0.669. The average Bonchev–Trinajstić information content (AvgIpc) is 3.34. The predicted octanol–water partition coefficient (Wildman–Crippen LogP) is 1.83. The summed E-state index contributed by atoms with van der Waals surface area (Å²) in [6.07, 6.45) is 2.76. The van der Waals surface area contributed by atoms with Gasteiger partial charge >= 0.3 is 0 Å². The van der Waals surface area contributed by atoms with E-state index in [1.165, 1.54) is 0 Å². The number of hydrogen-bond acceptors (Lipinski definition) is 7. The van der Waals surface area contributed by atoms with Gasteiger partial charge in [-0.15, -0.1) is 11.3 Å². The lowest BCUT2D eigenvalue weighted by Gasteiger charge is -2.34. The van der Waals surface area contributed by atoms with Gasteiger partial charge in [0.25, 0.3) is 5.56 Å². The molecule has 0 radical (unpaired) electrons. The molecule has 1 atom stereocenters. The van der Waals surface area contributed by atoms with Crippen LogP contribution in [0.1, 0.15) is 35.5 Å². The van der Waals surface area contributed by atoms with E-state index >= 15 is 0 Å². The first-order valence-corrected chi connectivity index (χ1v) is 11.5. The first-order valence-electron chi connectivity index (χ1n) is 10.7. The molecule has 0 unspecified atom stereocenters. The van der Waals surface area contributed by atoms with Crippen molar-refractivity contribution in [2.45, 2.75) is 45.8 Å². The number of aromatic nitrogens is 2. The van der Waals surface area contributed by atoms with Gasteiger partial charge in [-0.1, -0.05) is 0 Å². The van der Waals surface area contributed by atoms with Gasteiger partial charge in [0, 0.05) is 37.7 Å². The minimum atomic E-state index is -0.0614. The number of amides is 1. The number of rotatable bonds is 7. The molecule has 0 bridgehead atoms. The van der Waals surface area contributed by atoms with Crippen LogP contribution in [0.15, 0.2) is 4.79 Å². The number of aromatic amines is 1. The number of hydrogen-bond donors (Lipinski definition) is 1. The van der Waals surface area contributed by atoms with Crippen LogP contribution in [0.3, 0.4) is 0 Å². The normalized spacial score (nSPS) is 20.3. The minimum Gasteiger partial charge on any atom is -0.378 e. The van der Waals surface area contributed by atoms with E-state index in [0.717, 1.165) is 47.8 Å². The zero-order chi connectivity index (χ0) is 21.1. The van der Waals surface area contributed by atoms with Crippen molar-refractivity contribution in [1.29, 1.82) is 0 Å². The lowest BCUT2D eigenvalue weighted by molar-refractivity contribution is -0.134.